The number of aryl methyl sites for hydroxylation is 2. The van der Waals surface area contributed by atoms with Crippen molar-refractivity contribution in [3.8, 4) is 0 Å². The van der Waals surface area contributed by atoms with Gasteiger partial charge in [0.25, 0.3) is 0 Å². The standard InChI is InChI=1S/C40H45N2O3S.BrH/c1-5-42(6-2,29-33-24-30(3)23-31(4)25-33)22-12-11-21-41(28-32-17-18-34-13-7-8-14-35(34)26-32)46(43,44)36-19-20-40-38(27-36)37-15-9-10-16-39(37)45-40;/h7-10,13-20,23-27H,5-6,11-12,21-22,28-29H2,1-4H3;1H/q+1;/p-1. The highest BCUT2D eigenvalue weighted by Crippen LogP contribution is 2.32. The third kappa shape index (κ3) is 7.65. The van der Waals surface area contributed by atoms with E-state index in [-0.39, 0.29) is 17.0 Å². The van der Waals surface area contributed by atoms with E-state index < -0.39 is 10.0 Å². The second kappa shape index (κ2) is 14.7. The minimum atomic E-state index is -3.79. The molecule has 0 amide bonds. The molecule has 6 aromatic rings. The van der Waals surface area contributed by atoms with Crippen LogP contribution in [0.25, 0.3) is 32.7 Å². The van der Waals surface area contributed by atoms with Crippen molar-refractivity contribution in [3.05, 3.63) is 125 Å². The number of quaternary nitrogens is 1. The van der Waals surface area contributed by atoms with E-state index in [1.807, 2.05) is 36.4 Å². The summed E-state index contributed by atoms with van der Waals surface area (Å²) in [6.07, 6.45) is 1.73. The fourth-order valence-electron chi connectivity index (χ4n) is 6.97. The van der Waals surface area contributed by atoms with E-state index in [9.17, 15) is 8.42 Å². The van der Waals surface area contributed by atoms with Crippen LogP contribution in [0.1, 0.15) is 48.9 Å². The average molecular weight is 714 g/mol. The Balaban J connectivity index is 0.00000433. The topological polar surface area (TPSA) is 50.5 Å². The van der Waals surface area contributed by atoms with Crippen molar-refractivity contribution < 1.29 is 34.3 Å². The van der Waals surface area contributed by atoms with Gasteiger partial charge in [0, 0.05) is 29.4 Å². The fourth-order valence-corrected chi connectivity index (χ4v) is 8.46. The number of hydrogen-bond donors (Lipinski definition) is 0. The molecule has 1 aromatic heterocycles. The second-order valence-corrected chi connectivity index (χ2v) is 14.8. The van der Waals surface area contributed by atoms with E-state index in [2.05, 4.69) is 76.2 Å². The summed E-state index contributed by atoms with van der Waals surface area (Å²) in [7, 11) is -3.79. The minimum absolute atomic E-state index is 0. The van der Waals surface area contributed by atoms with E-state index >= 15 is 0 Å². The summed E-state index contributed by atoms with van der Waals surface area (Å²) in [4.78, 5) is 0.300. The lowest BCUT2D eigenvalue weighted by Gasteiger charge is -2.37. The van der Waals surface area contributed by atoms with Crippen LogP contribution in [0.15, 0.2) is 112 Å². The van der Waals surface area contributed by atoms with Gasteiger partial charge in [0.2, 0.25) is 10.0 Å². The van der Waals surface area contributed by atoms with Gasteiger partial charge in [-0.05, 0) is 87.2 Å². The summed E-state index contributed by atoms with van der Waals surface area (Å²) >= 11 is 0. The molecule has 0 bridgehead atoms. The van der Waals surface area contributed by atoms with Crippen molar-refractivity contribution in [1.82, 2.24) is 4.31 Å². The molecule has 5 aromatic carbocycles. The normalized spacial score (nSPS) is 12.3. The van der Waals surface area contributed by atoms with E-state index in [4.69, 9.17) is 4.42 Å². The molecule has 47 heavy (non-hydrogen) atoms. The molecule has 0 saturated heterocycles. The predicted octanol–water partition coefficient (Wildman–Crippen LogP) is 6.39. The number of benzene rings is 5. The summed E-state index contributed by atoms with van der Waals surface area (Å²) in [5, 5.41) is 4.01. The largest absolute Gasteiger partial charge is 1.00 e. The molecule has 0 fully saturated rings. The smallest absolute Gasteiger partial charge is 0.243 e. The third-order valence-corrected chi connectivity index (χ3v) is 11.4. The van der Waals surface area contributed by atoms with Gasteiger partial charge in [0.1, 0.15) is 17.7 Å². The SMILES string of the molecule is CC[N+](CC)(CCCCN(Cc1ccc2ccccc2c1)S(=O)(=O)c1ccc2oc3ccccc3c2c1)Cc1cc(C)cc(C)c1.[Br-]. The zero-order chi connectivity index (χ0) is 32.3. The summed E-state index contributed by atoms with van der Waals surface area (Å²) in [6.45, 7) is 13.8. The molecule has 5 nitrogen and oxygen atoms in total. The first-order valence-corrected chi connectivity index (χ1v) is 17.9. The molecule has 0 aliphatic heterocycles. The third-order valence-electron chi connectivity index (χ3n) is 9.59. The number of nitrogens with zero attached hydrogens (tertiary/aromatic N) is 2. The maximum Gasteiger partial charge on any atom is 0.243 e. The van der Waals surface area contributed by atoms with Gasteiger partial charge in [0.15, 0.2) is 0 Å². The minimum Gasteiger partial charge on any atom is -1.00 e. The summed E-state index contributed by atoms with van der Waals surface area (Å²) < 4.78 is 37.5. The van der Waals surface area contributed by atoms with Gasteiger partial charge >= 0.3 is 0 Å². The number of rotatable bonds is 13. The molecule has 7 heteroatoms. The zero-order valence-corrected chi connectivity index (χ0v) is 30.3. The van der Waals surface area contributed by atoms with Crippen LogP contribution in [0, 0.1) is 13.8 Å². The predicted molar refractivity (Wildman–Crippen MR) is 190 cm³/mol. The molecule has 0 N–H and O–H groups in total. The zero-order valence-electron chi connectivity index (χ0n) is 27.9. The Morgan fingerprint density at radius 3 is 2.11 bits per heavy atom. The van der Waals surface area contributed by atoms with E-state index in [1.165, 1.54) is 16.7 Å². The molecule has 0 saturated carbocycles. The Kier molecular flexibility index (Phi) is 10.9. The van der Waals surface area contributed by atoms with Gasteiger partial charge in [-0.1, -0.05) is 83.9 Å². The highest BCUT2D eigenvalue weighted by Gasteiger charge is 2.28. The maximum atomic E-state index is 14.4. The molecule has 246 valence electrons. The summed E-state index contributed by atoms with van der Waals surface area (Å²) in [5.74, 6) is 0. The van der Waals surface area contributed by atoms with Crippen molar-refractivity contribution in [1.29, 1.82) is 0 Å². The van der Waals surface area contributed by atoms with Crippen molar-refractivity contribution in [2.24, 2.45) is 0 Å². The molecular formula is C40H45BrN2O3S. The number of hydrogen-bond acceptors (Lipinski definition) is 3. The Morgan fingerprint density at radius 1 is 0.681 bits per heavy atom. The van der Waals surface area contributed by atoms with Crippen LogP contribution < -0.4 is 17.0 Å². The van der Waals surface area contributed by atoms with Crippen molar-refractivity contribution >= 4 is 42.7 Å². The summed E-state index contributed by atoms with van der Waals surface area (Å²) in [5.41, 5.74) is 6.42. The van der Waals surface area contributed by atoms with Gasteiger partial charge in [-0.3, -0.25) is 0 Å². The van der Waals surface area contributed by atoms with Crippen molar-refractivity contribution in [3.63, 3.8) is 0 Å². The Hall–Kier alpha value is -3.49. The maximum absolute atomic E-state index is 14.4. The van der Waals surface area contributed by atoms with Crippen LogP contribution in [-0.2, 0) is 23.1 Å². The van der Waals surface area contributed by atoms with Crippen LogP contribution in [-0.4, -0.2) is 43.4 Å². The lowest BCUT2D eigenvalue weighted by atomic mass is 10.1. The second-order valence-electron chi connectivity index (χ2n) is 12.8. The first-order valence-electron chi connectivity index (χ1n) is 16.5. The molecule has 0 unspecified atom stereocenters. The van der Waals surface area contributed by atoms with Crippen LogP contribution in [0.2, 0.25) is 0 Å². The highest BCUT2D eigenvalue weighted by molar-refractivity contribution is 7.89. The number of fused-ring (bicyclic) bond motifs is 4. The lowest BCUT2D eigenvalue weighted by Crippen LogP contribution is -3.00. The number of sulfonamides is 1. The Morgan fingerprint density at radius 2 is 1.36 bits per heavy atom. The van der Waals surface area contributed by atoms with Crippen molar-refractivity contribution in [2.45, 2.75) is 58.5 Å². The average Bonchev–Trinajstić information content (AvgIpc) is 3.43. The Bertz CT molecular complexity index is 2080. The van der Waals surface area contributed by atoms with Crippen LogP contribution >= 0.6 is 0 Å². The molecule has 0 atom stereocenters. The molecule has 6 rings (SSSR count). The van der Waals surface area contributed by atoms with Crippen LogP contribution in [0.3, 0.4) is 0 Å². The van der Waals surface area contributed by atoms with E-state index in [0.717, 1.165) is 76.2 Å². The molecule has 0 radical (unpaired) electrons. The van der Waals surface area contributed by atoms with E-state index in [0.29, 0.717) is 23.6 Å². The summed E-state index contributed by atoms with van der Waals surface area (Å²) in [6, 6.07) is 34.4. The van der Waals surface area contributed by atoms with E-state index in [1.54, 1.807) is 22.5 Å². The quantitative estimate of drug-likeness (QED) is 0.103. The van der Waals surface area contributed by atoms with Gasteiger partial charge in [-0.15, -0.1) is 0 Å². The lowest BCUT2D eigenvalue weighted by molar-refractivity contribution is -0.938. The fraction of sp³-hybridized carbons (Fsp3) is 0.300. The number of para-hydroxylation sites is 1. The molecule has 0 spiro atoms. The van der Waals surface area contributed by atoms with Crippen LogP contribution in [0.5, 0.6) is 0 Å². The van der Waals surface area contributed by atoms with Gasteiger partial charge < -0.3 is 25.9 Å². The number of furan rings is 1. The number of halogens is 1. The van der Waals surface area contributed by atoms with Gasteiger partial charge in [0.05, 0.1) is 24.5 Å². The highest BCUT2D eigenvalue weighted by atomic mass is 79.9. The van der Waals surface area contributed by atoms with Crippen molar-refractivity contribution in [2.75, 3.05) is 26.2 Å². The first-order chi connectivity index (χ1) is 22.2. The Labute approximate surface area is 290 Å². The van der Waals surface area contributed by atoms with Gasteiger partial charge in [-0.2, -0.15) is 4.31 Å². The molecule has 1 heterocycles. The van der Waals surface area contributed by atoms with Crippen LogP contribution in [0.4, 0.5) is 0 Å². The molecule has 0 aliphatic rings. The number of unbranched alkanes of at least 4 members (excludes halogenated alkanes) is 1. The molecule has 0 aliphatic carbocycles. The molecular weight excluding hydrogens is 668 g/mol. The first kappa shape index (κ1) is 34.8. The van der Waals surface area contributed by atoms with Gasteiger partial charge in [-0.25, -0.2) is 8.42 Å². The monoisotopic (exact) mass is 712 g/mol.